The van der Waals surface area contributed by atoms with Gasteiger partial charge in [-0.3, -0.25) is 0 Å². The number of carbonyl (C=O) groups excluding carboxylic acids is 1. The van der Waals surface area contributed by atoms with E-state index in [4.69, 9.17) is 9.47 Å². The standard InChI is InChI=1S/C30H43FO3/c1-4-7-9-10-11-12-13-15-24-16-18-25(19-17-24)29(6-3)34-30(32)27-21-20-26(23-28(27)31)33-22-14-8-5-2/h16-21,23,29H,4-15,22H2,1-3H3. The van der Waals surface area contributed by atoms with Crippen LogP contribution in [0.2, 0.25) is 0 Å². The SMILES string of the molecule is CCCCCCCCCc1ccc(C(CC)OC(=O)c2ccc(OCCCCC)cc2F)cc1. The van der Waals surface area contributed by atoms with Gasteiger partial charge in [0.2, 0.25) is 0 Å². The summed E-state index contributed by atoms with van der Waals surface area (Å²) < 4.78 is 25.8. The second-order valence-electron chi connectivity index (χ2n) is 9.11. The molecule has 0 spiro atoms. The monoisotopic (exact) mass is 470 g/mol. The van der Waals surface area contributed by atoms with E-state index in [1.165, 1.54) is 62.6 Å². The van der Waals surface area contributed by atoms with Crippen molar-refractivity contribution >= 4 is 5.97 Å². The Morgan fingerprint density at radius 2 is 1.47 bits per heavy atom. The number of unbranched alkanes of at least 4 members (excludes halogenated alkanes) is 8. The van der Waals surface area contributed by atoms with Crippen molar-refractivity contribution in [3.05, 3.63) is 65.0 Å². The molecule has 0 radical (unpaired) electrons. The van der Waals surface area contributed by atoms with E-state index in [0.717, 1.165) is 31.2 Å². The Hall–Kier alpha value is -2.36. The van der Waals surface area contributed by atoms with Gasteiger partial charge in [0.25, 0.3) is 0 Å². The molecule has 0 bridgehead atoms. The molecular formula is C30H43FO3. The Balaban J connectivity index is 1.85. The van der Waals surface area contributed by atoms with Gasteiger partial charge in [0, 0.05) is 6.07 Å². The molecule has 2 rings (SSSR count). The summed E-state index contributed by atoms with van der Waals surface area (Å²) >= 11 is 0. The molecule has 188 valence electrons. The fourth-order valence-corrected chi connectivity index (χ4v) is 4.06. The minimum Gasteiger partial charge on any atom is -0.493 e. The van der Waals surface area contributed by atoms with Crippen molar-refractivity contribution in [1.82, 2.24) is 0 Å². The lowest BCUT2D eigenvalue weighted by Gasteiger charge is -2.17. The summed E-state index contributed by atoms with van der Waals surface area (Å²) in [6, 6.07) is 12.6. The van der Waals surface area contributed by atoms with E-state index >= 15 is 0 Å². The molecule has 3 nitrogen and oxygen atoms in total. The molecule has 0 aliphatic heterocycles. The predicted octanol–water partition coefficient (Wildman–Crippen LogP) is 9.00. The lowest BCUT2D eigenvalue weighted by molar-refractivity contribution is 0.0282. The van der Waals surface area contributed by atoms with E-state index in [2.05, 4.69) is 26.0 Å². The minimum atomic E-state index is -0.644. The highest BCUT2D eigenvalue weighted by Crippen LogP contribution is 2.25. The molecule has 0 aliphatic rings. The van der Waals surface area contributed by atoms with E-state index in [1.54, 1.807) is 6.07 Å². The highest BCUT2D eigenvalue weighted by molar-refractivity contribution is 5.90. The quantitative estimate of drug-likeness (QED) is 0.171. The normalized spacial score (nSPS) is 11.9. The largest absolute Gasteiger partial charge is 0.493 e. The molecule has 0 saturated carbocycles. The molecule has 4 heteroatoms. The Morgan fingerprint density at radius 1 is 0.824 bits per heavy atom. The second-order valence-corrected chi connectivity index (χ2v) is 9.11. The maximum Gasteiger partial charge on any atom is 0.341 e. The highest BCUT2D eigenvalue weighted by atomic mass is 19.1. The van der Waals surface area contributed by atoms with E-state index in [1.807, 2.05) is 19.1 Å². The van der Waals surface area contributed by atoms with Gasteiger partial charge in [-0.15, -0.1) is 0 Å². The third kappa shape index (κ3) is 9.87. The Morgan fingerprint density at radius 3 is 2.12 bits per heavy atom. The number of hydrogen-bond acceptors (Lipinski definition) is 3. The molecule has 2 aromatic rings. The zero-order valence-corrected chi connectivity index (χ0v) is 21.4. The smallest absolute Gasteiger partial charge is 0.341 e. The summed E-state index contributed by atoms with van der Waals surface area (Å²) in [4.78, 5) is 12.7. The van der Waals surface area contributed by atoms with Crippen LogP contribution < -0.4 is 4.74 Å². The van der Waals surface area contributed by atoms with Crippen LogP contribution in [-0.4, -0.2) is 12.6 Å². The van der Waals surface area contributed by atoms with Crippen molar-refractivity contribution in [3.8, 4) is 5.75 Å². The molecule has 0 aromatic heterocycles. The van der Waals surface area contributed by atoms with Crippen LogP contribution in [0.25, 0.3) is 0 Å². The molecule has 1 atom stereocenters. The average Bonchev–Trinajstić information content (AvgIpc) is 2.85. The van der Waals surface area contributed by atoms with Gasteiger partial charge in [-0.05, 0) is 48.9 Å². The molecule has 1 unspecified atom stereocenters. The van der Waals surface area contributed by atoms with Gasteiger partial charge in [-0.1, -0.05) is 96.4 Å². The van der Waals surface area contributed by atoms with Gasteiger partial charge in [-0.25, -0.2) is 9.18 Å². The molecule has 0 aliphatic carbocycles. The fourth-order valence-electron chi connectivity index (χ4n) is 4.06. The van der Waals surface area contributed by atoms with E-state index in [-0.39, 0.29) is 5.56 Å². The summed E-state index contributed by atoms with van der Waals surface area (Å²) in [6.07, 6.45) is 13.5. The van der Waals surface area contributed by atoms with Crippen molar-refractivity contribution in [2.75, 3.05) is 6.61 Å². The number of halogens is 1. The van der Waals surface area contributed by atoms with Gasteiger partial charge in [0.15, 0.2) is 0 Å². The van der Waals surface area contributed by atoms with Gasteiger partial charge in [0.1, 0.15) is 17.7 Å². The Bertz CT molecular complexity index is 831. The number of hydrogen-bond donors (Lipinski definition) is 0. The number of aryl methyl sites for hydroxylation is 1. The van der Waals surface area contributed by atoms with Gasteiger partial charge in [-0.2, -0.15) is 0 Å². The topological polar surface area (TPSA) is 35.5 Å². The van der Waals surface area contributed by atoms with Crippen molar-refractivity contribution in [1.29, 1.82) is 0 Å². The summed E-state index contributed by atoms with van der Waals surface area (Å²) in [6.45, 7) is 6.88. The van der Waals surface area contributed by atoms with Crippen LogP contribution in [0, 0.1) is 5.82 Å². The maximum absolute atomic E-state index is 14.5. The lowest BCUT2D eigenvalue weighted by Crippen LogP contribution is -2.13. The molecule has 0 heterocycles. The van der Waals surface area contributed by atoms with Gasteiger partial charge >= 0.3 is 5.97 Å². The summed E-state index contributed by atoms with van der Waals surface area (Å²) in [7, 11) is 0. The molecule has 0 saturated heterocycles. The first-order chi connectivity index (χ1) is 16.6. The Labute approximate surface area is 206 Å². The van der Waals surface area contributed by atoms with Crippen molar-refractivity contribution < 1.29 is 18.7 Å². The van der Waals surface area contributed by atoms with Crippen LogP contribution in [-0.2, 0) is 11.2 Å². The van der Waals surface area contributed by atoms with Crippen LogP contribution >= 0.6 is 0 Å². The third-order valence-electron chi connectivity index (χ3n) is 6.22. The summed E-state index contributed by atoms with van der Waals surface area (Å²) in [5, 5.41) is 0. The number of carbonyl (C=O) groups is 1. The number of rotatable bonds is 17. The molecular weight excluding hydrogens is 427 g/mol. The van der Waals surface area contributed by atoms with Crippen LogP contribution in [0.1, 0.15) is 119 Å². The molecule has 0 amide bonds. The highest BCUT2D eigenvalue weighted by Gasteiger charge is 2.20. The molecule has 34 heavy (non-hydrogen) atoms. The van der Waals surface area contributed by atoms with Crippen LogP contribution in [0.15, 0.2) is 42.5 Å². The summed E-state index contributed by atoms with van der Waals surface area (Å²) in [5.41, 5.74) is 2.18. The van der Waals surface area contributed by atoms with E-state index in [9.17, 15) is 9.18 Å². The first-order valence-corrected chi connectivity index (χ1v) is 13.3. The van der Waals surface area contributed by atoms with Gasteiger partial charge in [0.05, 0.1) is 12.2 Å². The van der Waals surface area contributed by atoms with E-state index < -0.39 is 17.9 Å². The zero-order chi connectivity index (χ0) is 24.6. The van der Waals surface area contributed by atoms with Gasteiger partial charge < -0.3 is 9.47 Å². The first kappa shape index (κ1) is 27.9. The first-order valence-electron chi connectivity index (χ1n) is 13.3. The Kier molecular flexibility index (Phi) is 13.4. The van der Waals surface area contributed by atoms with Crippen molar-refractivity contribution in [2.24, 2.45) is 0 Å². The third-order valence-corrected chi connectivity index (χ3v) is 6.22. The lowest BCUT2D eigenvalue weighted by atomic mass is 10.0. The molecule has 0 fully saturated rings. The number of ether oxygens (including phenoxy) is 2. The number of benzene rings is 2. The van der Waals surface area contributed by atoms with Crippen molar-refractivity contribution in [2.45, 2.75) is 104 Å². The number of esters is 1. The molecule has 0 N–H and O–H groups in total. The average molecular weight is 471 g/mol. The van der Waals surface area contributed by atoms with Crippen LogP contribution in [0.5, 0.6) is 5.75 Å². The molecule has 2 aromatic carbocycles. The minimum absolute atomic E-state index is 0.0603. The van der Waals surface area contributed by atoms with Crippen LogP contribution in [0.4, 0.5) is 4.39 Å². The van der Waals surface area contributed by atoms with Crippen molar-refractivity contribution in [3.63, 3.8) is 0 Å². The van der Waals surface area contributed by atoms with Crippen LogP contribution in [0.3, 0.4) is 0 Å². The zero-order valence-electron chi connectivity index (χ0n) is 21.4. The summed E-state index contributed by atoms with van der Waals surface area (Å²) in [5.74, 6) is -0.819. The van der Waals surface area contributed by atoms with E-state index in [0.29, 0.717) is 18.8 Å². The maximum atomic E-state index is 14.5. The predicted molar refractivity (Wildman–Crippen MR) is 138 cm³/mol. The fraction of sp³-hybridized carbons (Fsp3) is 0.567. The second kappa shape index (κ2) is 16.3.